The molecule has 1 atom stereocenters. The lowest BCUT2D eigenvalue weighted by atomic mass is 10.1. The average Bonchev–Trinajstić information content (AvgIpc) is 2.82. The van der Waals surface area contributed by atoms with Gasteiger partial charge in [0.15, 0.2) is 0 Å². The number of nitrogens with zero attached hydrogens (tertiary/aromatic N) is 1. The molecule has 1 aliphatic heterocycles. The van der Waals surface area contributed by atoms with Crippen LogP contribution in [0.1, 0.15) is 18.5 Å². The Balaban J connectivity index is 1.93. The number of hydrogen-bond acceptors (Lipinski definition) is 3. The predicted molar refractivity (Wildman–Crippen MR) is 67.9 cm³/mol. The average molecular weight is 283 g/mol. The highest BCUT2D eigenvalue weighted by atomic mass is 19.1. The highest BCUT2D eigenvalue weighted by molar-refractivity contribution is 5.96. The van der Waals surface area contributed by atoms with Crippen LogP contribution in [0.25, 0.3) is 0 Å². The van der Waals surface area contributed by atoms with E-state index in [0.717, 1.165) is 17.0 Å². The van der Waals surface area contributed by atoms with E-state index in [1.165, 1.54) is 6.07 Å². The maximum Gasteiger partial charge on any atom is 0.324 e. The lowest BCUT2D eigenvalue weighted by Crippen LogP contribution is -2.40. The van der Waals surface area contributed by atoms with Crippen LogP contribution < -0.4 is 10.6 Å². The zero-order chi connectivity index (χ0) is 14.7. The van der Waals surface area contributed by atoms with Gasteiger partial charge in [0, 0.05) is 30.8 Å². The molecule has 0 spiro atoms. The molecule has 0 unspecified atom stereocenters. The standard InChI is InChI=1S/C13H15F2N3O2/c1-8(10-3-2-9(14)6-11(10)15)17-7-12(19)18-5-4-16-13(18)20/h2-3,6,8,17H,4-5,7H2,1H3,(H,16,20)/t8-/m1/s1. The summed E-state index contributed by atoms with van der Waals surface area (Å²) >= 11 is 0. The number of hydrogen-bond donors (Lipinski definition) is 2. The summed E-state index contributed by atoms with van der Waals surface area (Å²) in [5.41, 5.74) is 0.269. The molecule has 1 saturated heterocycles. The fraction of sp³-hybridized carbons (Fsp3) is 0.385. The number of rotatable bonds is 4. The Bertz CT molecular complexity index is 536. The Morgan fingerprint density at radius 3 is 2.85 bits per heavy atom. The number of carbonyl (C=O) groups is 2. The molecule has 1 aliphatic rings. The lowest BCUT2D eigenvalue weighted by Gasteiger charge is -2.17. The van der Waals surface area contributed by atoms with Crippen molar-refractivity contribution in [3.63, 3.8) is 0 Å². The van der Waals surface area contributed by atoms with E-state index in [4.69, 9.17) is 0 Å². The fourth-order valence-corrected chi connectivity index (χ4v) is 2.01. The van der Waals surface area contributed by atoms with E-state index < -0.39 is 23.7 Å². The van der Waals surface area contributed by atoms with E-state index in [2.05, 4.69) is 10.6 Å². The summed E-state index contributed by atoms with van der Waals surface area (Å²) in [6.07, 6.45) is 0. The first-order chi connectivity index (χ1) is 9.49. The molecule has 1 fully saturated rings. The van der Waals surface area contributed by atoms with Gasteiger partial charge in [0.1, 0.15) is 11.6 Å². The normalized spacial score (nSPS) is 16.1. The molecular weight excluding hydrogens is 268 g/mol. The van der Waals surface area contributed by atoms with Crippen LogP contribution in [0, 0.1) is 11.6 Å². The van der Waals surface area contributed by atoms with Gasteiger partial charge in [-0.25, -0.2) is 13.6 Å². The van der Waals surface area contributed by atoms with Gasteiger partial charge in [0.25, 0.3) is 0 Å². The monoisotopic (exact) mass is 283 g/mol. The lowest BCUT2D eigenvalue weighted by molar-refractivity contribution is -0.126. The Hall–Kier alpha value is -2.02. The summed E-state index contributed by atoms with van der Waals surface area (Å²) < 4.78 is 26.4. The van der Waals surface area contributed by atoms with Gasteiger partial charge < -0.3 is 10.6 Å². The van der Waals surface area contributed by atoms with Crippen LogP contribution in [0.3, 0.4) is 0 Å². The first kappa shape index (κ1) is 14.4. The molecular formula is C13H15F2N3O2. The van der Waals surface area contributed by atoms with Gasteiger partial charge in [0.2, 0.25) is 5.91 Å². The minimum Gasteiger partial charge on any atom is -0.336 e. The Kier molecular flexibility index (Phi) is 4.29. The highest BCUT2D eigenvalue weighted by Gasteiger charge is 2.26. The molecule has 0 aromatic heterocycles. The summed E-state index contributed by atoms with van der Waals surface area (Å²) in [5.74, 6) is -1.70. The van der Waals surface area contributed by atoms with E-state index in [-0.39, 0.29) is 18.0 Å². The Morgan fingerprint density at radius 1 is 1.50 bits per heavy atom. The second-order valence-electron chi connectivity index (χ2n) is 4.55. The van der Waals surface area contributed by atoms with Crippen LogP contribution in [-0.4, -0.2) is 36.5 Å². The summed E-state index contributed by atoms with van der Waals surface area (Å²) in [6.45, 7) is 2.34. The number of benzene rings is 1. The molecule has 20 heavy (non-hydrogen) atoms. The van der Waals surface area contributed by atoms with E-state index in [9.17, 15) is 18.4 Å². The first-order valence-electron chi connectivity index (χ1n) is 6.25. The number of nitrogens with one attached hydrogen (secondary N) is 2. The van der Waals surface area contributed by atoms with Gasteiger partial charge in [-0.1, -0.05) is 6.07 Å². The van der Waals surface area contributed by atoms with Crippen LogP contribution in [0.2, 0.25) is 0 Å². The molecule has 1 heterocycles. The van der Waals surface area contributed by atoms with Gasteiger partial charge in [0.05, 0.1) is 6.54 Å². The molecule has 0 aliphatic carbocycles. The van der Waals surface area contributed by atoms with Crippen molar-refractivity contribution in [3.05, 3.63) is 35.4 Å². The number of urea groups is 1. The molecule has 108 valence electrons. The van der Waals surface area contributed by atoms with Crippen LogP contribution in [0.15, 0.2) is 18.2 Å². The summed E-state index contributed by atoms with van der Waals surface area (Å²) in [7, 11) is 0. The number of imide groups is 1. The number of carbonyl (C=O) groups excluding carboxylic acids is 2. The molecule has 0 bridgehead atoms. The van der Waals surface area contributed by atoms with Gasteiger partial charge in [-0.05, 0) is 13.0 Å². The van der Waals surface area contributed by atoms with Crippen molar-refractivity contribution in [3.8, 4) is 0 Å². The van der Waals surface area contributed by atoms with E-state index in [1.807, 2.05) is 0 Å². The minimum absolute atomic E-state index is 0.0919. The van der Waals surface area contributed by atoms with E-state index >= 15 is 0 Å². The SMILES string of the molecule is C[C@@H](NCC(=O)N1CCNC1=O)c1ccc(F)cc1F. The van der Waals surface area contributed by atoms with Crippen molar-refractivity contribution in [1.29, 1.82) is 0 Å². The second kappa shape index (κ2) is 5.96. The van der Waals surface area contributed by atoms with Crippen molar-refractivity contribution >= 4 is 11.9 Å². The summed E-state index contributed by atoms with van der Waals surface area (Å²) in [5, 5.41) is 5.34. The van der Waals surface area contributed by atoms with Gasteiger partial charge in [-0.2, -0.15) is 0 Å². The molecule has 5 nitrogen and oxygen atoms in total. The van der Waals surface area contributed by atoms with Crippen molar-refractivity contribution in [1.82, 2.24) is 15.5 Å². The van der Waals surface area contributed by atoms with Crippen LogP contribution in [0.5, 0.6) is 0 Å². The number of amides is 3. The maximum absolute atomic E-state index is 13.5. The zero-order valence-electron chi connectivity index (χ0n) is 11.0. The third-order valence-corrected chi connectivity index (χ3v) is 3.15. The molecule has 1 aromatic carbocycles. The van der Waals surface area contributed by atoms with Crippen LogP contribution in [0.4, 0.5) is 13.6 Å². The highest BCUT2D eigenvalue weighted by Crippen LogP contribution is 2.17. The predicted octanol–water partition coefficient (Wildman–Crippen LogP) is 1.17. The fourth-order valence-electron chi connectivity index (χ4n) is 2.01. The van der Waals surface area contributed by atoms with Crippen molar-refractivity contribution < 1.29 is 18.4 Å². The third-order valence-electron chi connectivity index (χ3n) is 3.15. The largest absolute Gasteiger partial charge is 0.336 e. The smallest absolute Gasteiger partial charge is 0.324 e. The topological polar surface area (TPSA) is 61.4 Å². The first-order valence-corrected chi connectivity index (χ1v) is 6.25. The van der Waals surface area contributed by atoms with Gasteiger partial charge >= 0.3 is 6.03 Å². The van der Waals surface area contributed by atoms with E-state index in [0.29, 0.717) is 13.1 Å². The second-order valence-corrected chi connectivity index (χ2v) is 4.55. The minimum atomic E-state index is -0.670. The van der Waals surface area contributed by atoms with Crippen molar-refractivity contribution in [2.45, 2.75) is 13.0 Å². The van der Waals surface area contributed by atoms with Crippen LogP contribution >= 0.6 is 0 Å². The molecule has 2 rings (SSSR count). The van der Waals surface area contributed by atoms with Crippen LogP contribution in [-0.2, 0) is 4.79 Å². The summed E-state index contributed by atoms with van der Waals surface area (Å²) in [6, 6.07) is 2.40. The summed E-state index contributed by atoms with van der Waals surface area (Å²) in [4.78, 5) is 24.2. The van der Waals surface area contributed by atoms with E-state index in [1.54, 1.807) is 6.92 Å². The molecule has 0 saturated carbocycles. The molecule has 7 heteroatoms. The van der Waals surface area contributed by atoms with Crippen molar-refractivity contribution in [2.75, 3.05) is 19.6 Å². The van der Waals surface area contributed by atoms with Gasteiger partial charge in [-0.3, -0.25) is 9.69 Å². The zero-order valence-corrected chi connectivity index (χ0v) is 11.0. The quantitative estimate of drug-likeness (QED) is 0.872. The Morgan fingerprint density at radius 2 is 2.25 bits per heavy atom. The van der Waals surface area contributed by atoms with Gasteiger partial charge in [-0.15, -0.1) is 0 Å². The molecule has 3 amide bonds. The molecule has 2 N–H and O–H groups in total. The Labute approximate surface area is 114 Å². The molecule has 1 aromatic rings. The number of halogens is 2. The molecule has 0 radical (unpaired) electrons. The maximum atomic E-state index is 13.5. The third kappa shape index (κ3) is 3.11. The van der Waals surface area contributed by atoms with Crippen molar-refractivity contribution in [2.24, 2.45) is 0 Å².